The van der Waals surface area contributed by atoms with Gasteiger partial charge in [-0.1, -0.05) is 12.1 Å². The van der Waals surface area contributed by atoms with Crippen LogP contribution in [0, 0.1) is 19.7 Å². The van der Waals surface area contributed by atoms with Gasteiger partial charge < -0.3 is 14.5 Å². The molecule has 1 amide bonds. The maximum Gasteiger partial charge on any atom is 0.410 e. The van der Waals surface area contributed by atoms with Crippen molar-refractivity contribution < 1.29 is 13.9 Å². The summed E-state index contributed by atoms with van der Waals surface area (Å²) in [6, 6.07) is 6.58. The fourth-order valence-corrected chi connectivity index (χ4v) is 5.11. The molecule has 1 aromatic carbocycles. The lowest BCUT2D eigenvalue weighted by molar-refractivity contribution is 0.0263. The Morgan fingerprint density at radius 2 is 1.78 bits per heavy atom. The zero-order valence-corrected chi connectivity index (χ0v) is 20.1. The van der Waals surface area contributed by atoms with E-state index in [2.05, 4.69) is 16.8 Å². The highest BCUT2D eigenvalue weighted by Gasteiger charge is 2.27. The van der Waals surface area contributed by atoms with E-state index in [0.717, 1.165) is 45.0 Å². The number of ether oxygens (including phenoxy) is 1. The van der Waals surface area contributed by atoms with Crippen molar-refractivity contribution in [3.05, 3.63) is 40.8 Å². The lowest BCUT2D eigenvalue weighted by Gasteiger charge is -2.27. The Balaban J connectivity index is 1.70. The van der Waals surface area contributed by atoms with Gasteiger partial charge in [0.1, 0.15) is 27.9 Å². The first-order valence-corrected chi connectivity index (χ1v) is 11.7. The maximum atomic E-state index is 13.5. The number of aryl methyl sites for hydroxylation is 2. The van der Waals surface area contributed by atoms with Gasteiger partial charge in [0.15, 0.2) is 0 Å². The molecule has 3 aromatic rings. The van der Waals surface area contributed by atoms with Gasteiger partial charge in [-0.15, -0.1) is 11.3 Å². The summed E-state index contributed by atoms with van der Waals surface area (Å²) < 4.78 is 19.1. The second-order valence-corrected chi connectivity index (χ2v) is 10.3. The van der Waals surface area contributed by atoms with E-state index >= 15 is 0 Å². The third-order valence-corrected chi connectivity index (χ3v) is 6.40. The molecule has 1 aliphatic rings. The maximum absolute atomic E-state index is 13.5. The van der Waals surface area contributed by atoms with E-state index in [1.807, 2.05) is 27.7 Å². The van der Waals surface area contributed by atoms with Crippen LogP contribution in [0.3, 0.4) is 0 Å². The van der Waals surface area contributed by atoms with E-state index in [9.17, 15) is 9.18 Å². The number of hydrogen-bond donors (Lipinski definition) is 0. The summed E-state index contributed by atoms with van der Waals surface area (Å²) in [6.45, 7) is 12.3. The number of nitrogens with zero attached hydrogens (tertiary/aromatic N) is 4. The number of rotatable bonds is 2. The molecule has 170 valence electrons. The van der Waals surface area contributed by atoms with Crippen LogP contribution in [-0.2, 0) is 4.74 Å². The molecule has 3 heterocycles. The number of fused-ring (bicyclic) bond motifs is 1. The number of carbonyl (C=O) groups excluding carboxylic acids is 1. The van der Waals surface area contributed by atoms with Crippen LogP contribution in [0.25, 0.3) is 21.3 Å². The largest absolute Gasteiger partial charge is 0.444 e. The molecule has 0 unspecified atom stereocenters. The fraction of sp³-hybridized carbons (Fsp3) is 0.458. The number of benzene rings is 1. The molecule has 6 nitrogen and oxygen atoms in total. The molecule has 0 saturated carbocycles. The average Bonchev–Trinajstić information content (AvgIpc) is 2.87. The molecule has 4 rings (SSSR count). The van der Waals surface area contributed by atoms with Crippen LogP contribution in [0.1, 0.15) is 37.9 Å². The molecule has 0 atom stereocenters. The Morgan fingerprint density at radius 3 is 2.47 bits per heavy atom. The summed E-state index contributed by atoms with van der Waals surface area (Å²) in [6.07, 6.45) is 0.542. The van der Waals surface area contributed by atoms with Gasteiger partial charge in [-0.25, -0.2) is 19.2 Å². The van der Waals surface area contributed by atoms with Gasteiger partial charge in [0.05, 0.1) is 5.39 Å². The molecule has 0 bridgehead atoms. The molecule has 32 heavy (non-hydrogen) atoms. The van der Waals surface area contributed by atoms with Crippen molar-refractivity contribution in [2.45, 2.75) is 46.6 Å². The molecule has 1 saturated heterocycles. The first-order valence-electron chi connectivity index (χ1n) is 10.9. The quantitative estimate of drug-likeness (QED) is 0.505. The topological polar surface area (TPSA) is 58.6 Å². The van der Waals surface area contributed by atoms with Crippen molar-refractivity contribution >= 4 is 33.5 Å². The number of hydrogen-bond acceptors (Lipinski definition) is 6. The van der Waals surface area contributed by atoms with Gasteiger partial charge in [-0.05, 0) is 58.7 Å². The SMILES string of the molecule is Cc1nc(N2CCCN(C(=O)OC(C)(C)C)CC2)c2c(-c3ccc(F)cc3)c(C)sc2n1. The van der Waals surface area contributed by atoms with E-state index in [4.69, 9.17) is 9.72 Å². The first kappa shape index (κ1) is 22.5. The number of anilines is 1. The zero-order chi connectivity index (χ0) is 23.0. The van der Waals surface area contributed by atoms with Crippen LogP contribution in [0.4, 0.5) is 15.0 Å². The van der Waals surface area contributed by atoms with Crippen LogP contribution in [0.15, 0.2) is 24.3 Å². The molecule has 0 N–H and O–H groups in total. The van der Waals surface area contributed by atoms with E-state index in [1.54, 1.807) is 28.4 Å². The number of amides is 1. The number of aromatic nitrogens is 2. The van der Waals surface area contributed by atoms with Gasteiger partial charge in [-0.2, -0.15) is 0 Å². The standard InChI is InChI=1S/C24H29FN4O2S/c1-15-19(17-7-9-18(25)10-8-17)20-21(26-16(2)27-22(20)32-15)28-11-6-12-29(14-13-28)23(30)31-24(3,4)5/h7-10H,6,11-14H2,1-5H3. The smallest absolute Gasteiger partial charge is 0.410 e. The van der Waals surface area contributed by atoms with Gasteiger partial charge in [0, 0.05) is 36.6 Å². The van der Waals surface area contributed by atoms with Crippen molar-refractivity contribution in [3.8, 4) is 11.1 Å². The van der Waals surface area contributed by atoms with Crippen LogP contribution in [0.5, 0.6) is 0 Å². The molecule has 1 aliphatic heterocycles. The van der Waals surface area contributed by atoms with Crippen molar-refractivity contribution in [1.29, 1.82) is 0 Å². The Kier molecular flexibility index (Phi) is 6.07. The predicted octanol–water partition coefficient (Wildman–Crippen LogP) is 5.56. The minimum absolute atomic E-state index is 0.256. The molecule has 0 spiro atoms. The Labute approximate surface area is 192 Å². The van der Waals surface area contributed by atoms with Crippen LogP contribution < -0.4 is 4.90 Å². The number of carbonyl (C=O) groups is 1. The second-order valence-electron chi connectivity index (χ2n) is 9.12. The molecule has 1 fully saturated rings. The highest BCUT2D eigenvalue weighted by molar-refractivity contribution is 7.19. The van der Waals surface area contributed by atoms with E-state index < -0.39 is 5.60 Å². The summed E-state index contributed by atoms with van der Waals surface area (Å²) in [5, 5.41) is 0.996. The second kappa shape index (κ2) is 8.65. The highest BCUT2D eigenvalue weighted by Crippen LogP contribution is 2.42. The molecule has 0 radical (unpaired) electrons. The monoisotopic (exact) mass is 456 g/mol. The van der Waals surface area contributed by atoms with Crippen LogP contribution >= 0.6 is 11.3 Å². The zero-order valence-electron chi connectivity index (χ0n) is 19.2. The Bertz CT molecular complexity index is 1140. The third kappa shape index (κ3) is 4.70. The van der Waals surface area contributed by atoms with Gasteiger partial charge in [0.25, 0.3) is 0 Å². The summed E-state index contributed by atoms with van der Waals surface area (Å²) in [5.74, 6) is 1.34. The molecule has 0 aliphatic carbocycles. The average molecular weight is 457 g/mol. The molecule has 2 aromatic heterocycles. The molecular formula is C24H29FN4O2S. The summed E-state index contributed by atoms with van der Waals surface area (Å²) in [5.41, 5.74) is 1.49. The van der Waals surface area contributed by atoms with Crippen molar-refractivity contribution in [1.82, 2.24) is 14.9 Å². The van der Waals surface area contributed by atoms with Crippen molar-refractivity contribution in [3.63, 3.8) is 0 Å². The van der Waals surface area contributed by atoms with E-state index in [0.29, 0.717) is 25.5 Å². The lowest BCUT2D eigenvalue weighted by atomic mass is 10.0. The van der Waals surface area contributed by atoms with E-state index in [-0.39, 0.29) is 11.9 Å². The molecular weight excluding hydrogens is 427 g/mol. The lowest BCUT2D eigenvalue weighted by Crippen LogP contribution is -2.39. The van der Waals surface area contributed by atoms with Crippen LogP contribution in [-0.4, -0.2) is 52.7 Å². The van der Waals surface area contributed by atoms with Gasteiger partial charge in [-0.3, -0.25) is 0 Å². The highest BCUT2D eigenvalue weighted by atomic mass is 32.1. The molecule has 8 heteroatoms. The van der Waals surface area contributed by atoms with Crippen molar-refractivity contribution in [2.75, 3.05) is 31.1 Å². The number of halogens is 1. The third-order valence-electron chi connectivity index (χ3n) is 5.40. The minimum Gasteiger partial charge on any atom is -0.444 e. The Morgan fingerprint density at radius 1 is 1.06 bits per heavy atom. The summed E-state index contributed by atoms with van der Waals surface area (Å²) in [4.78, 5) is 28.1. The van der Waals surface area contributed by atoms with Crippen LogP contribution in [0.2, 0.25) is 0 Å². The van der Waals surface area contributed by atoms with Crippen molar-refractivity contribution in [2.24, 2.45) is 0 Å². The summed E-state index contributed by atoms with van der Waals surface area (Å²) in [7, 11) is 0. The van der Waals surface area contributed by atoms with E-state index in [1.165, 1.54) is 12.1 Å². The fourth-order valence-electron chi connectivity index (χ4n) is 4.03. The Hall–Kier alpha value is -2.74. The summed E-state index contributed by atoms with van der Waals surface area (Å²) >= 11 is 1.63. The van der Waals surface area contributed by atoms with Gasteiger partial charge in [0.2, 0.25) is 0 Å². The predicted molar refractivity (Wildman–Crippen MR) is 127 cm³/mol. The normalized spacial score (nSPS) is 15.2. The first-order chi connectivity index (χ1) is 15.1. The van der Waals surface area contributed by atoms with Gasteiger partial charge >= 0.3 is 6.09 Å². The number of thiophene rings is 1. The minimum atomic E-state index is -0.517.